The van der Waals surface area contributed by atoms with Crippen molar-refractivity contribution in [3.63, 3.8) is 0 Å². The van der Waals surface area contributed by atoms with Crippen molar-refractivity contribution in [3.8, 4) is 16.9 Å². The molecule has 0 radical (unpaired) electrons. The lowest BCUT2D eigenvalue weighted by Crippen LogP contribution is -1.97. The van der Waals surface area contributed by atoms with Gasteiger partial charge >= 0.3 is 0 Å². The summed E-state index contributed by atoms with van der Waals surface area (Å²) in [5, 5.41) is 6.89. The molecule has 4 heteroatoms. The number of pyridine rings is 1. The summed E-state index contributed by atoms with van der Waals surface area (Å²) in [6.07, 6.45) is 1.87. The highest BCUT2D eigenvalue weighted by Gasteiger charge is 2.16. The van der Waals surface area contributed by atoms with Crippen LogP contribution < -0.4 is 0 Å². The lowest BCUT2D eigenvalue weighted by Gasteiger charge is -2.05. The predicted octanol–water partition coefficient (Wildman–Crippen LogP) is 5.69. The fourth-order valence-electron chi connectivity index (χ4n) is 3.43. The van der Waals surface area contributed by atoms with Crippen molar-refractivity contribution in [2.24, 2.45) is 0 Å². The van der Waals surface area contributed by atoms with Gasteiger partial charge in [-0.15, -0.1) is 0 Å². The van der Waals surface area contributed by atoms with Crippen LogP contribution in [-0.4, -0.2) is 14.8 Å². The Labute approximate surface area is 155 Å². The van der Waals surface area contributed by atoms with Crippen molar-refractivity contribution >= 4 is 21.8 Å². The third-order valence-electron chi connectivity index (χ3n) is 4.81. The van der Waals surface area contributed by atoms with Crippen LogP contribution in [0.25, 0.3) is 38.8 Å². The van der Waals surface area contributed by atoms with Crippen LogP contribution in [0.15, 0.2) is 79.0 Å². The van der Waals surface area contributed by atoms with Gasteiger partial charge in [-0.1, -0.05) is 48.0 Å². The van der Waals surface area contributed by atoms with Crippen LogP contribution in [-0.2, 0) is 0 Å². The lowest BCUT2D eigenvalue weighted by molar-refractivity contribution is 0.627. The van der Waals surface area contributed by atoms with Crippen LogP contribution in [0.4, 0.5) is 4.39 Å². The van der Waals surface area contributed by atoms with Crippen LogP contribution in [0.2, 0.25) is 0 Å². The van der Waals surface area contributed by atoms with Crippen LogP contribution in [0.5, 0.6) is 0 Å². The summed E-state index contributed by atoms with van der Waals surface area (Å²) in [7, 11) is 0. The molecule has 2 aromatic heterocycles. The van der Waals surface area contributed by atoms with Crippen LogP contribution >= 0.6 is 0 Å². The van der Waals surface area contributed by atoms with Crippen molar-refractivity contribution < 1.29 is 4.39 Å². The number of benzene rings is 3. The van der Waals surface area contributed by atoms with Crippen molar-refractivity contribution in [3.05, 3.63) is 90.4 Å². The maximum Gasteiger partial charge on any atom is 0.123 e. The summed E-state index contributed by atoms with van der Waals surface area (Å²) < 4.78 is 15.3. The molecule has 27 heavy (non-hydrogen) atoms. The van der Waals surface area contributed by atoms with E-state index >= 15 is 0 Å². The zero-order valence-corrected chi connectivity index (χ0v) is 14.7. The first-order chi connectivity index (χ1) is 13.2. The SMILES string of the molecule is Cc1ccc(-c2nn(-c3ccc(F)cc3)c3c2cnc2ccccc23)cc1. The fourth-order valence-corrected chi connectivity index (χ4v) is 3.43. The minimum Gasteiger partial charge on any atom is -0.255 e. The highest BCUT2D eigenvalue weighted by Crippen LogP contribution is 2.33. The molecule has 0 saturated carbocycles. The molecule has 0 N–H and O–H groups in total. The minimum atomic E-state index is -0.263. The Morgan fingerprint density at radius 1 is 0.815 bits per heavy atom. The van der Waals surface area contributed by atoms with Gasteiger partial charge in [0, 0.05) is 22.5 Å². The van der Waals surface area contributed by atoms with E-state index in [1.54, 1.807) is 12.1 Å². The molecular formula is C23H16FN3. The van der Waals surface area contributed by atoms with Gasteiger partial charge in [0.2, 0.25) is 0 Å². The third-order valence-corrected chi connectivity index (χ3v) is 4.81. The molecule has 0 atom stereocenters. The highest BCUT2D eigenvalue weighted by atomic mass is 19.1. The number of aromatic nitrogens is 3. The first kappa shape index (κ1) is 15.7. The maximum absolute atomic E-state index is 13.4. The van der Waals surface area contributed by atoms with Gasteiger partial charge in [0.05, 0.1) is 16.7 Å². The number of halogens is 1. The molecule has 2 heterocycles. The van der Waals surface area contributed by atoms with Crippen LogP contribution in [0.1, 0.15) is 5.56 Å². The number of nitrogens with zero attached hydrogens (tertiary/aromatic N) is 3. The lowest BCUT2D eigenvalue weighted by atomic mass is 10.1. The summed E-state index contributed by atoms with van der Waals surface area (Å²) in [5.74, 6) is -0.263. The first-order valence-electron chi connectivity index (χ1n) is 8.80. The Balaban J connectivity index is 1.88. The Morgan fingerprint density at radius 3 is 2.33 bits per heavy atom. The van der Waals surface area contributed by atoms with E-state index in [0.717, 1.165) is 38.8 Å². The Bertz CT molecular complexity index is 1270. The maximum atomic E-state index is 13.4. The van der Waals surface area contributed by atoms with E-state index in [9.17, 15) is 4.39 Å². The Kier molecular flexibility index (Phi) is 3.50. The Morgan fingerprint density at radius 2 is 1.56 bits per heavy atom. The zero-order chi connectivity index (χ0) is 18.4. The van der Waals surface area contributed by atoms with Crippen LogP contribution in [0, 0.1) is 12.7 Å². The van der Waals surface area contributed by atoms with Gasteiger partial charge in [-0.3, -0.25) is 4.98 Å². The molecule has 0 saturated heterocycles. The van der Waals surface area contributed by atoms with Gasteiger partial charge in [0.1, 0.15) is 11.5 Å². The molecule has 3 aromatic carbocycles. The third kappa shape index (κ3) is 2.57. The van der Waals surface area contributed by atoms with E-state index in [4.69, 9.17) is 5.10 Å². The average molecular weight is 353 g/mol. The monoisotopic (exact) mass is 353 g/mol. The molecule has 0 aliphatic carbocycles. The second-order valence-electron chi connectivity index (χ2n) is 6.64. The molecule has 0 aliphatic rings. The van der Waals surface area contributed by atoms with Crippen LogP contribution in [0.3, 0.4) is 0 Å². The summed E-state index contributed by atoms with van der Waals surface area (Å²) in [6, 6.07) is 22.7. The second-order valence-corrected chi connectivity index (χ2v) is 6.64. The summed E-state index contributed by atoms with van der Waals surface area (Å²) in [4.78, 5) is 4.62. The highest BCUT2D eigenvalue weighted by molar-refractivity contribution is 6.08. The number of aryl methyl sites for hydroxylation is 1. The molecule has 0 bridgehead atoms. The van der Waals surface area contributed by atoms with E-state index < -0.39 is 0 Å². The number of para-hydroxylation sites is 1. The number of rotatable bonds is 2. The number of hydrogen-bond donors (Lipinski definition) is 0. The molecule has 130 valence electrons. The standard InChI is InChI=1S/C23H16FN3/c1-15-6-8-16(9-7-15)22-20-14-25-21-5-3-2-4-19(21)23(20)27(26-22)18-12-10-17(24)11-13-18/h2-14H,1H3. The number of hydrogen-bond acceptors (Lipinski definition) is 2. The minimum absolute atomic E-state index is 0.263. The molecule has 3 nitrogen and oxygen atoms in total. The smallest absolute Gasteiger partial charge is 0.123 e. The quantitative estimate of drug-likeness (QED) is 0.408. The average Bonchev–Trinajstić information content (AvgIpc) is 3.09. The van der Waals surface area contributed by atoms with Gasteiger partial charge in [0.15, 0.2) is 0 Å². The fraction of sp³-hybridized carbons (Fsp3) is 0.0435. The van der Waals surface area contributed by atoms with Gasteiger partial charge < -0.3 is 0 Å². The van der Waals surface area contributed by atoms with Crippen molar-refractivity contribution in [1.29, 1.82) is 0 Å². The first-order valence-corrected chi connectivity index (χ1v) is 8.80. The van der Waals surface area contributed by atoms with Gasteiger partial charge in [0.25, 0.3) is 0 Å². The Hall–Kier alpha value is -3.53. The zero-order valence-electron chi connectivity index (χ0n) is 14.7. The van der Waals surface area contributed by atoms with Gasteiger partial charge in [-0.25, -0.2) is 9.07 Å². The molecule has 0 aliphatic heterocycles. The second kappa shape index (κ2) is 6.02. The molecule has 0 fully saturated rings. The molecule has 5 rings (SSSR count). The topological polar surface area (TPSA) is 30.7 Å². The number of fused-ring (bicyclic) bond motifs is 3. The summed E-state index contributed by atoms with van der Waals surface area (Å²) in [6.45, 7) is 2.06. The van der Waals surface area contributed by atoms with Crippen molar-refractivity contribution in [2.45, 2.75) is 6.92 Å². The van der Waals surface area contributed by atoms with Gasteiger partial charge in [-0.05, 0) is 37.3 Å². The van der Waals surface area contributed by atoms with Crippen molar-refractivity contribution in [2.75, 3.05) is 0 Å². The summed E-state index contributed by atoms with van der Waals surface area (Å²) in [5.41, 5.74) is 5.79. The molecular weight excluding hydrogens is 337 g/mol. The summed E-state index contributed by atoms with van der Waals surface area (Å²) >= 11 is 0. The molecule has 5 aromatic rings. The predicted molar refractivity (Wildman–Crippen MR) is 107 cm³/mol. The van der Waals surface area contributed by atoms with Gasteiger partial charge in [-0.2, -0.15) is 5.10 Å². The van der Waals surface area contributed by atoms with E-state index in [1.807, 2.05) is 35.1 Å². The molecule has 0 spiro atoms. The molecule has 0 amide bonds. The van der Waals surface area contributed by atoms with E-state index in [0.29, 0.717) is 0 Å². The largest absolute Gasteiger partial charge is 0.255 e. The normalized spacial score (nSPS) is 11.3. The van der Waals surface area contributed by atoms with Crippen molar-refractivity contribution in [1.82, 2.24) is 14.8 Å². The van der Waals surface area contributed by atoms with E-state index in [1.165, 1.54) is 17.7 Å². The van der Waals surface area contributed by atoms with E-state index in [2.05, 4.69) is 36.2 Å². The van der Waals surface area contributed by atoms with E-state index in [-0.39, 0.29) is 5.82 Å². The molecule has 0 unspecified atom stereocenters.